The molecular formula is C17H27ClN2O. The lowest BCUT2D eigenvalue weighted by atomic mass is 9.98. The van der Waals surface area contributed by atoms with Crippen molar-refractivity contribution in [3.05, 3.63) is 29.8 Å². The first kappa shape index (κ1) is 16.6. The molecule has 1 aliphatic heterocycles. The summed E-state index contributed by atoms with van der Waals surface area (Å²) in [6.45, 7) is 7.56. The molecule has 4 heteroatoms. The predicted octanol–water partition coefficient (Wildman–Crippen LogP) is 3.06. The number of benzene rings is 1. The van der Waals surface area contributed by atoms with Gasteiger partial charge in [0.05, 0.1) is 6.10 Å². The van der Waals surface area contributed by atoms with Gasteiger partial charge in [0, 0.05) is 25.7 Å². The number of ether oxygens (including phenoxy) is 1. The molecule has 2 aliphatic rings. The third-order valence-corrected chi connectivity index (χ3v) is 4.69. The van der Waals surface area contributed by atoms with Gasteiger partial charge in [0.2, 0.25) is 0 Å². The van der Waals surface area contributed by atoms with Crippen LogP contribution in [0.4, 0.5) is 0 Å². The smallest absolute Gasteiger partial charge is 0.119 e. The standard InChI is InChI=1S/C17H26N2O.ClH/c1-12(2)20-15-6-3-13(4-7-15)9-19-10-14-5-8-17(18)16(14)11-19;/h3-4,6-7,12,14,16-17H,5,8-11,18H2,1-2H3;1H. The van der Waals surface area contributed by atoms with E-state index in [0.717, 1.165) is 24.1 Å². The molecule has 1 saturated heterocycles. The van der Waals surface area contributed by atoms with Gasteiger partial charge in [-0.1, -0.05) is 12.1 Å². The van der Waals surface area contributed by atoms with Crippen molar-refractivity contribution in [2.45, 2.75) is 45.4 Å². The van der Waals surface area contributed by atoms with Gasteiger partial charge in [-0.05, 0) is 56.2 Å². The molecule has 0 bridgehead atoms. The molecule has 0 spiro atoms. The zero-order valence-corrected chi connectivity index (χ0v) is 13.8. The first-order valence-corrected chi connectivity index (χ1v) is 7.85. The molecule has 21 heavy (non-hydrogen) atoms. The average molecular weight is 311 g/mol. The number of nitrogens with zero attached hydrogens (tertiary/aromatic N) is 1. The maximum absolute atomic E-state index is 6.20. The molecule has 3 unspecified atom stereocenters. The van der Waals surface area contributed by atoms with Crippen molar-refractivity contribution < 1.29 is 4.74 Å². The Labute approximate surface area is 134 Å². The molecule has 1 aliphatic carbocycles. The topological polar surface area (TPSA) is 38.5 Å². The van der Waals surface area contributed by atoms with Gasteiger partial charge in [-0.25, -0.2) is 0 Å². The van der Waals surface area contributed by atoms with Crippen LogP contribution in [0.1, 0.15) is 32.3 Å². The fraction of sp³-hybridized carbons (Fsp3) is 0.647. The third kappa shape index (κ3) is 3.91. The van der Waals surface area contributed by atoms with Crippen molar-refractivity contribution in [2.75, 3.05) is 13.1 Å². The van der Waals surface area contributed by atoms with Crippen LogP contribution in [0, 0.1) is 11.8 Å². The highest BCUT2D eigenvalue weighted by atomic mass is 35.5. The van der Waals surface area contributed by atoms with Crippen LogP contribution in [0.5, 0.6) is 5.75 Å². The molecule has 2 N–H and O–H groups in total. The highest BCUT2D eigenvalue weighted by molar-refractivity contribution is 5.85. The summed E-state index contributed by atoms with van der Waals surface area (Å²) >= 11 is 0. The zero-order chi connectivity index (χ0) is 14.1. The molecule has 3 atom stereocenters. The highest BCUT2D eigenvalue weighted by Gasteiger charge is 2.40. The molecule has 0 radical (unpaired) electrons. The second kappa shape index (κ2) is 6.99. The fourth-order valence-electron chi connectivity index (χ4n) is 3.73. The number of likely N-dealkylation sites (tertiary alicyclic amines) is 1. The summed E-state index contributed by atoms with van der Waals surface area (Å²) in [6.07, 6.45) is 2.79. The van der Waals surface area contributed by atoms with Crippen LogP contribution >= 0.6 is 12.4 Å². The monoisotopic (exact) mass is 310 g/mol. The molecule has 1 heterocycles. The molecular weight excluding hydrogens is 284 g/mol. The Balaban J connectivity index is 0.00000161. The molecule has 2 fully saturated rings. The van der Waals surface area contributed by atoms with E-state index in [2.05, 4.69) is 43.0 Å². The van der Waals surface area contributed by atoms with E-state index in [1.807, 2.05) is 0 Å². The third-order valence-electron chi connectivity index (χ3n) is 4.69. The van der Waals surface area contributed by atoms with E-state index in [9.17, 15) is 0 Å². The van der Waals surface area contributed by atoms with Crippen molar-refractivity contribution in [1.29, 1.82) is 0 Å². The van der Waals surface area contributed by atoms with Crippen molar-refractivity contribution in [3.8, 4) is 5.75 Å². The van der Waals surface area contributed by atoms with Crippen LogP contribution in [-0.2, 0) is 6.54 Å². The van der Waals surface area contributed by atoms with Gasteiger partial charge < -0.3 is 10.5 Å². The Morgan fingerprint density at radius 3 is 2.52 bits per heavy atom. The number of hydrogen-bond donors (Lipinski definition) is 1. The molecule has 1 aromatic rings. The summed E-state index contributed by atoms with van der Waals surface area (Å²) in [5, 5.41) is 0. The van der Waals surface area contributed by atoms with Crippen LogP contribution in [-0.4, -0.2) is 30.1 Å². The summed E-state index contributed by atoms with van der Waals surface area (Å²) in [5.74, 6) is 2.54. The maximum Gasteiger partial charge on any atom is 0.119 e. The Kier molecular flexibility index (Phi) is 5.53. The predicted molar refractivity (Wildman–Crippen MR) is 88.9 cm³/mol. The summed E-state index contributed by atoms with van der Waals surface area (Å²) in [5.41, 5.74) is 7.57. The lowest BCUT2D eigenvalue weighted by Gasteiger charge is -2.18. The summed E-state index contributed by atoms with van der Waals surface area (Å²) in [4.78, 5) is 2.56. The van der Waals surface area contributed by atoms with Crippen LogP contribution in [0.3, 0.4) is 0 Å². The number of halogens is 1. The Bertz CT molecular complexity index is 449. The normalized spacial score (nSPS) is 28.5. The van der Waals surface area contributed by atoms with Gasteiger partial charge in [-0.15, -0.1) is 12.4 Å². The van der Waals surface area contributed by atoms with Crippen molar-refractivity contribution in [2.24, 2.45) is 17.6 Å². The number of hydrogen-bond acceptors (Lipinski definition) is 3. The minimum Gasteiger partial charge on any atom is -0.491 e. The van der Waals surface area contributed by atoms with Crippen LogP contribution < -0.4 is 10.5 Å². The van der Waals surface area contributed by atoms with Crippen molar-refractivity contribution in [1.82, 2.24) is 4.90 Å². The minimum absolute atomic E-state index is 0. The SMILES string of the molecule is CC(C)Oc1ccc(CN2CC3CCC(N)C3C2)cc1.Cl. The molecule has 1 aromatic carbocycles. The van der Waals surface area contributed by atoms with Crippen molar-refractivity contribution in [3.63, 3.8) is 0 Å². The van der Waals surface area contributed by atoms with E-state index in [-0.39, 0.29) is 18.5 Å². The van der Waals surface area contributed by atoms with Crippen molar-refractivity contribution >= 4 is 12.4 Å². The molecule has 3 nitrogen and oxygen atoms in total. The van der Waals surface area contributed by atoms with Gasteiger partial charge in [0.1, 0.15) is 5.75 Å². The first-order valence-electron chi connectivity index (χ1n) is 7.85. The first-order chi connectivity index (χ1) is 9.61. The lowest BCUT2D eigenvalue weighted by Crippen LogP contribution is -2.30. The molecule has 1 saturated carbocycles. The lowest BCUT2D eigenvalue weighted by molar-refractivity contribution is 0.242. The van der Waals surface area contributed by atoms with Crippen LogP contribution in [0.25, 0.3) is 0 Å². The van der Waals surface area contributed by atoms with E-state index in [4.69, 9.17) is 10.5 Å². The summed E-state index contributed by atoms with van der Waals surface area (Å²) in [6, 6.07) is 8.97. The minimum atomic E-state index is 0. The Hall–Kier alpha value is -0.770. The number of fused-ring (bicyclic) bond motifs is 1. The van der Waals surface area contributed by atoms with E-state index in [1.54, 1.807) is 0 Å². The number of rotatable bonds is 4. The largest absolute Gasteiger partial charge is 0.491 e. The van der Waals surface area contributed by atoms with Gasteiger partial charge >= 0.3 is 0 Å². The van der Waals surface area contributed by atoms with Gasteiger partial charge in [-0.3, -0.25) is 4.90 Å². The second-order valence-corrected chi connectivity index (χ2v) is 6.67. The Morgan fingerprint density at radius 1 is 1.19 bits per heavy atom. The molecule has 0 amide bonds. The van der Waals surface area contributed by atoms with Gasteiger partial charge in [0.15, 0.2) is 0 Å². The molecule has 118 valence electrons. The quantitative estimate of drug-likeness (QED) is 0.929. The van der Waals surface area contributed by atoms with Crippen LogP contribution in [0.2, 0.25) is 0 Å². The van der Waals surface area contributed by atoms with E-state index < -0.39 is 0 Å². The summed E-state index contributed by atoms with van der Waals surface area (Å²) < 4.78 is 5.68. The zero-order valence-electron chi connectivity index (χ0n) is 13.0. The van der Waals surface area contributed by atoms with Gasteiger partial charge in [-0.2, -0.15) is 0 Å². The highest BCUT2D eigenvalue weighted by Crippen LogP contribution is 2.37. The van der Waals surface area contributed by atoms with Crippen LogP contribution in [0.15, 0.2) is 24.3 Å². The fourth-order valence-corrected chi connectivity index (χ4v) is 3.73. The van der Waals surface area contributed by atoms with E-state index in [1.165, 1.54) is 31.5 Å². The Morgan fingerprint density at radius 2 is 1.90 bits per heavy atom. The number of nitrogens with two attached hydrogens (primary N) is 1. The molecule has 0 aromatic heterocycles. The average Bonchev–Trinajstić information content (AvgIpc) is 2.94. The van der Waals surface area contributed by atoms with E-state index in [0.29, 0.717) is 6.04 Å². The molecule has 3 rings (SSSR count). The second-order valence-electron chi connectivity index (χ2n) is 6.67. The maximum atomic E-state index is 6.20. The van der Waals surface area contributed by atoms with Gasteiger partial charge in [0.25, 0.3) is 0 Å². The summed E-state index contributed by atoms with van der Waals surface area (Å²) in [7, 11) is 0. The van der Waals surface area contributed by atoms with E-state index >= 15 is 0 Å².